The van der Waals surface area contributed by atoms with Gasteiger partial charge in [-0.15, -0.1) is 0 Å². The van der Waals surface area contributed by atoms with Crippen molar-refractivity contribution in [1.29, 1.82) is 5.26 Å². The molecule has 0 atom stereocenters. The first-order valence-electron chi connectivity index (χ1n) is 9.54. The van der Waals surface area contributed by atoms with E-state index in [1.54, 1.807) is 67.8 Å². The summed E-state index contributed by atoms with van der Waals surface area (Å²) in [6, 6.07) is 22.9. The van der Waals surface area contributed by atoms with Crippen molar-refractivity contribution >= 4 is 29.3 Å². The summed E-state index contributed by atoms with van der Waals surface area (Å²) in [7, 11) is 1.56. The Morgan fingerprint density at radius 3 is 2.29 bits per heavy atom. The quantitative estimate of drug-likeness (QED) is 0.450. The Balaban J connectivity index is 1.73. The Morgan fingerprint density at radius 2 is 1.65 bits per heavy atom. The molecular weight excluding hydrogens is 390 g/mol. The van der Waals surface area contributed by atoms with Crippen molar-refractivity contribution in [3.05, 3.63) is 95.1 Å². The molecule has 6 nitrogen and oxygen atoms in total. The highest BCUT2D eigenvalue weighted by Gasteiger charge is 2.11. The van der Waals surface area contributed by atoms with Crippen LogP contribution in [0, 0.1) is 18.3 Å². The van der Waals surface area contributed by atoms with E-state index in [9.17, 15) is 14.9 Å². The number of nitriles is 1. The lowest BCUT2D eigenvalue weighted by atomic mass is 10.1. The molecule has 0 bridgehead atoms. The minimum absolute atomic E-state index is 0.0424. The van der Waals surface area contributed by atoms with Crippen LogP contribution in [0.4, 0.5) is 11.4 Å². The van der Waals surface area contributed by atoms with Crippen LogP contribution in [0.25, 0.3) is 6.08 Å². The maximum Gasteiger partial charge on any atom is 0.266 e. The zero-order valence-corrected chi connectivity index (χ0v) is 17.2. The standard InChI is InChI=1S/C25H21N3O3/c1-17-6-10-21(11-7-17)27-25(30)20(16-26)14-18-4-3-5-22(15-18)28-24(29)19-8-12-23(31-2)13-9-19/h3-15H,1-2H3,(H,27,30)(H,28,29)/b20-14+. The Kier molecular flexibility index (Phi) is 6.82. The van der Waals surface area contributed by atoms with Crippen LogP contribution in [0.1, 0.15) is 21.5 Å². The summed E-state index contributed by atoms with van der Waals surface area (Å²) >= 11 is 0. The van der Waals surface area contributed by atoms with Gasteiger partial charge in [0.05, 0.1) is 7.11 Å². The molecule has 3 aromatic carbocycles. The Hall–Kier alpha value is -4.37. The number of nitrogens with zero attached hydrogens (tertiary/aromatic N) is 1. The van der Waals surface area contributed by atoms with Gasteiger partial charge in [0.2, 0.25) is 0 Å². The highest BCUT2D eigenvalue weighted by atomic mass is 16.5. The van der Waals surface area contributed by atoms with Gasteiger partial charge in [0.15, 0.2) is 0 Å². The first-order chi connectivity index (χ1) is 15.0. The van der Waals surface area contributed by atoms with Gasteiger partial charge in [0, 0.05) is 16.9 Å². The monoisotopic (exact) mass is 411 g/mol. The molecule has 3 aromatic rings. The molecule has 2 amide bonds. The van der Waals surface area contributed by atoms with Crippen molar-refractivity contribution in [2.45, 2.75) is 6.92 Å². The van der Waals surface area contributed by atoms with Crippen molar-refractivity contribution in [2.75, 3.05) is 17.7 Å². The first-order valence-corrected chi connectivity index (χ1v) is 9.54. The summed E-state index contributed by atoms with van der Waals surface area (Å²) in [5.74, 6) is -0.114. The molecule has 0 aliphatic rings. The average Bonchev–Trinajstić information content (AvgIpc) is 2.79. The maximum atomic E-state index is 12.5. The van der Waals surface area contributed by atoms with E-state index in [1.165, 1.54) is 6.08 Å². The normalized spacial score (nSPS) is 10.7. The molecule has 0 saturated heterocycles. The Labute approximate surface area is 180 Å². The van der Waals surface area contributed by atoms with Crippen LogP contribution < -0.4 is 15.4 Å². The maximum absolute atomic E-state index is 12.5. The van der Waals surface area contributed by atoms with Crippen LogP contribution in [0.2, 0.25) is 0 Å². The van der Waals surface area contributed by atoms with Crippen LogP contribution in [-0.2, 0) is 4.79 Å². The number of nitrogens with one attached hydrogen (secondary N) is 2. The van der Waals surface area contributed by atoms with E-state index in [0.717, 1.165) is 5.56 Å². The highest BCUT2D eigenvalue weighted by Crippen LogP contribution is 2.17. The number of aryl methyl sites for hydroxylation is 1. The van der Waals surface area contributed by atoms with Crippen molar-refractivity contribution in [2.24, 2.45) is 0 Å². The summed E-state index contributed by atoms with van der Waals surface area (Å²) in [4.78, 5) is 24.9. The van der Waals surface area contributed by atoms with E-state index in [1.807, 2.05) is 25.1 Å². The largest absolute Gasteiger partial charge is 0.497 e. The van der Waals surface area contributed by atoms with Gasteiger partial charge in [-0.1, -0.05) is 29.8 Å². The van der Waals surface area contributed by atoms with Crippen molar-refractivity contribution in [3.63, 3.8) is 0 Å². The molecule has 0 aliphatic carbocycles. The van der Waals surface area contributed by atoms with Crippen LogP contribution >= 0.6 is 0 Å². The number of rotatable bonds is 6. The molecule has 3 rings (SSSR count). The molecule has 31 heavy (non-hydrogen) atoms. The van der Waals surface area contributed by atoms with Gasteiger partial charge in [0.25, 0.3) is 11.8 Å². The lowest BCUT2D eigenvalue weighted by Crippen LogP contribution is -2.13. The summed E-state index contributed by atoms with van der Waals surface area (Å²) in [5, 5.41) is 14.9. The number of amides is 2. The number of carbonyl (C=O) groups is 2. The zero-order valence-electron chi connectivity index (χ0n) is 17.2. The lowest BCUT2D eigenvalue weighted by molar-refractivity contribution is -0.112. The van der Waals surface area contributed by atoms with Crippen LogP contribution in [0.5, 0.6) is 5.75 Å². The van der Waals surface area contributed by atoms with E-state index in [-0.39, 0.29) is 11.5 Å². The molecule has 0 aromatic heterocycles. The third-order valence-corrected chi connectivity index (χ3v) is 4.48. The topological polar surface area (TPSA) is 91.2 Å². The number of hydrogen-bond donors (Lipinski definition) is 2. The van der Waals surface area contributed by atoms with Crippen LogP contribution in [0.15, 0.2) is 78.4 Å². The summed E-state index contributed by atoms with van der Waals surface area (Å²) < 4.78 is 5.10. The smallest absolute Gasteiger partial charge is 0.266 e. The number of methoxy groups -OCH3 is 1. The summed E-state index contributed by atoms with van der Waals surface area (Å²) in [5.41, 5.74) is 3.28. The van der Waals surface area contributed by atoms with Gasteiger partial charge >= 0.3 is 0 Å². The predicted octanol–water partition coefficient (Wildman–Crippen LogP) is 4.80. The third-order valence-electron chi connectivity index (χ3n) is 4.48. The predicted molar refractivity (Wildman–Crippen MR) is 121 cm³/mol. The molecule has 0 spiro atoms. The van der Waals surface area contributed by atoms with Gasteiger partial charge in [-0.05, 0) is 67.1 Å². The lowest BCUT2D eigenvalue weighted by Gasteiger charge is -2.08. The fourth-order valence-corrected chi connectivity index (χ4v) is 2.80. The molecule has 0 fully saturated rings. The van der Waals surface area contributed by atoms with Gasteiger partial charge in [0.1, 0.15) is 17.4 Å². The van der Waals surface area contributed by atoms with Crippen molar-refractivity contribution in [1.82, 2.24) is 0 Å². The second-order valence-electron chi connectivity index (χ2n) is 6.80. The second-order valence-corrected chi connectivity index (χ2v) is 6.80. The molecule has 0 saturated carbocycles. The molecule has 154 valence electrons. The van der Waals surface area contributed by atoms with E-state index < -0.39 is 5.91 Å². The number of anilines is 2. The minimum Gasteiger partial charge on any atom is -0.497 e. The SMILES string of the molecule is COc1ccc(C(=O)Nc2cccc(/C=C(\C#N)C(=O)Nc3ccc(C)cc3)c2)cc1. The van der Waals surface area contributed by atoms with Crippen LogP contribution in [-0.4, -0.2) is 18.9 Å². The van der Waals surface area contributed by atoms with Crippen molar-refractivity contribution in [3.8, 4) is 11.8 Å². The van der Waals surface area contributed by atoms with Gasteiger partial charge < -0.3 is 15.4 Å². The second kappa shape index (κ2) is 9.90. The van der Waals surface area contributed by atoms with E-state index >= 15 is 0 Å². The van der Waals surface area contributed by atoms with E-state index in [2.05, 4.69) is 10.6 Å². The number of benzene rings is 3. The van der Waals surface area contributed by atoms with Crippen molar-refractivity contribution < 1.29 is 14.3 Å². The molecule has 0 aliphatic heterocycles. The third kappa shape index (κ3) is 5.81. The zero-order chi connectivity index (χ0) is 22.2. The fraction of sp³-hybridized carbons (Fsp3) is 0.0800. The number of ether oxygens (including phenoxy) is 1. The first kappa shape index (κ1) is 21.3. The minimum atomic E-state index is -0.501. The van der Waals surface area contributed by atoms with E-state index in [0.29, 0.717) is 28.3 Å². The molecular formula is C25H21N3O3. The Morgan fingerprint density at radius 1 is 0.935 bits per heavy atom. The van der Waals surface area contributed by atoms with Gasteiger partial charge in [-0.3, -0.25) is 9.59 Å². The molecule has 0 unspecified atom stereocenters. The average molecular weight is 411 g/mol. The van der Waals surface area contributed by atoms with Gasteiger partial charge in [-0.2, -0.15) is 5.26 Å². The molecule has 0 radical (unpaired) electrons. The summed E-state index contributed by atoms with van der Waals surface area (Å²) in [6.07, 6.45) is 1.48. The Bertz CT molecular complexity index is 1160. The molecule has 0 heterocycles. The fourth-order valence-electron chi connectivity index (χ4n) is 2.80. The molecule has 2 N–H and O–H groups in total. The number of hydrogen-bond acceptors (Lipinski definition) is 4. The summed E-state index contributed by atoms with van der Waals surface area (Å²) in [6.45, 7) is 1.95. The molecule has 6 heteroatoms. The van der Waals surface area contributed by atoms with Crippen LogP contribution in [0.3, 0.4) is 0 Å². The van der Waals surface area contributed by atoms with Gasteiger partial charge in [-0.25, -0.2) is 0 Å². The highest BCUT2D eigenvalue weighted by molar-refractivity contribution is 6.10. The number of carbonyl (C=O) groups excluding carboxylic acids is 2. The van der Waals surface area contributed by atoms with E-state index in [4.69, 9.17) is 4.74 Å².